The molecule has 1 aliphatic rings. The Morgan fingerprint density at radius 2 is 2.00 bits per heavy atom. The van der Waals surface area contributed by atoms with Crippen molar-refractivity contribution in [3.05, 3.63) is 23.8 Å². The topological polar surface area (TPSA) is 79.3 Å². The number of amides is 1. The van der Waals surface area contributed by atoms with Gasteiger partial charge < -0.3 is 19.5 Å². The van der Waals surface area contributed by atoms with E-state index in [2.05, 4.69) is 0 Å². The molecule has 152 valence electrons. The van der Waals surface area contributed by atoms with E-state index in [1.165, 1.54) is 0 Å². The number of carbonyl (C=O) groups is 2. The molecule has 1 amide bonds. The largest absolute Gasteiger partial charge is 0.497 e. The van der Waals surface area contributed by atoms with E-state index in [-0.39, 0.29) is 37.4 Å². The quantitative estimate of drug-likeness (QED) is 0.686. The van der Waals surface area contributed by atoms with E-state index in [4.69, 9.17) is 14.6 Å². The fourth-order valence-corrected chi connectivity index (χ4v) is 3.49. The first kappa shape index (κ1) is 23.0. The van der Waals surface area contributed by atoms with Gasteiger partial charge in [-0.3, -0.25) is 14.5 Å². The lowest BCUT2D eigenvalue weighted by molar-refractivity contribution is -0.140. The van der Waals surface area contributed by atoms with E-state index in [0.717, 1.165) is 24.8 Å². The Morgan fingerprint density at radius 3 is 2.59 bits per heavy atom. The van der Waals surface area contributed by atoms with Gasteiger partial charge in [-0.1, -0.05) is 6.92 Å². The second-order valence-electron chi connectivity index (χ2n) is 6.46. The van der Waals surface area contributed by atoms with Gasteiger partial charge in [0.15, 0.2) is 0 Å². The minimum absolute atomic E-state index is 0. The molecule has 1 saturated heterocycles. The maximum absolute atomic E-state index is 12.8. The molecule has 1 aromatic rings. The minimum Gasteiger partial charge on any atom is -0.497 e. The Kier molecular flexibility index (Phi) is 9.38. The molecule has 27 heavy (non-hydrogen) atoms. The summed E-state index contributed by atoms with van der Waals surface area (Å²) in [7, 11) is 3.21. The number of nitrogens with zero attached hydrogens (tertiary/aromatic N) is 2. The number of hydrogen-bond acceptors (Lipinski definition) is 5. The Balaban J connectivity index is 0.00000364. The van der Waals surface area contributed by atoms with E-state index in [1.54, 1.807) is 19.1 Å². The Labute approximate surface area is 166 Å². The average Bonchev–Trinajstić information content (AvgIpc) is 3.10. The number of hydrogen-bond donors (Lipinski definition) is 1. The van der Waals surface area contributed by atoms with Gasteiger partial charge >= 0.3 is 5.97 Å². The highest BCUT2D eigenvalue weighted by atomic mass is 35.5. The number of likely N-dealkylation sites (tertiary alicyclic amines) is 1. The van der Waals surface area contributed by atoms with Crippen molar-refractivity contribution in [1.82, 2.24) is 9.80 Å². The monoisotopic (exact) mass is 400 g/mol. The molecular formula is C19H29ClN2O5. The number of carbonyl (C=O) groups excluding carboxylic acids is 1. The fraction of sp³-hybridized carbons (Fsp3) is 0.579. The average molecular weight is 401 g/mol. The van der Waals surface area contributed by atoms with Crippen LogP contribution in [0.5, 0.6) is 11.5 Å². The SMILES string of the molecule is CCCN(CC(=O)O)CC(=O)N1CCCC1c1ccc(OC)cc1OC.Cl. The van der Waals surface area contributed by atoms with Crippen molar-refractivity contribution in [3.8, 4) is 11.5 Å². The molecule has 0 aliphatic carbocycles. The number of benzene rings is 1. The third-order valence-electron chi connectivity index (χ3n) is 4.63. The molecule has 0 saturated carbocycles. The molecule has 1 N–H and O–H groups in total. The zero-order chi connectivity index (χ0) is 19.1. The number of ether oxygens (including phenoxy) is 2. The molecule has 1 unspecified atom stereocenters. The molecule has 0 bridgehead atoms. The lowest BCUT2D eigenvalue weighted by Crippen LogP contribution is -2.42. The molecule has 7 nitrogen and oxygen atoms in total. The van der Waals surface area contributed by atoms with Crippen LogP contribution in [-0.2, 0) is 9.59 Å². The van der Waals surface area contributed by atoms with E-state index < -0.39 is 5.97 Å². The van der Waals surface area contributed by atoms with Crippen LogP contribution in [0.3, 0.4) is 0 Å². The maximum atomic E-state index is 12.8. The summed E-state index contributed by atoms with van der Waals surface area (Å²) in [5.41, 5.74) is 0.958. The van der Waals surface area contributed by atoms with Crippen molar-refractivity contribution in [1.29, 1.82) is 0 Å². The molecule has 0 aromatic heterocycles. The standard InChI is InChI=1S/C19H28N2O5.ClH/c1-4-9-20(13-19(23)24)12-18(22)21-10-5-6-16(21)15-8-7-14(25-2)11-17(15)26-3;/h7-8,11,16H,4-6,9-10,12-13H2,1-3H3,(H,23,24);1H. The second kappa shape index (κ2) is 11.0. The number of carboxylic acid groups (broad SMARTS) is 1. The van der Waals surface area contributed by atoms with Crippen LogP contribution < -0.4 is 9.47 Å². The zero-order valence-electron chi connectivity index (χ0n) is 16.1. The van der Waals surface area contributed by atoms with Gasteiger partial charge in [-0.05, 0) is 37.9 Å². The summed E-state index contributed by atoms with van der Waals surface area (Å²) < 4.78 is 10.7. The number of methoxy groups -OCH3 is 2. The minimum atomic E-state index is -0.916. The van der Waals surface area contributed by atoms with Crippen LogP contribution in [0, 0.1) is 0 Å². The predicted octanol–water partition coefficient (Wildman–Crippen LogP) is 2.59. The van der Waals surface area contributed by atoms with Crippen LogP contribution in [0.15, 0.2) is 18.2 Å². The Morgan fingerprint density at radius 1 is 1.26 bits per heavy atom. The molecule has 2 rings (SSSR count). The second-order valence-corrected chi connectivity index (χ2v) is 6.46. The van der Waals surface area contributed by atoms with Crippen LogP contribution in [0.2, 0.25) is 0 Å². The van der Waals surface area contributed by atoms with Gasteiger partial charge in [0.2, 0.25) is 5.91 Å². The summed E-state index contributed by atoms with van der Waals surface area (Å²) in [4.78, 5) is 27.4. The highest BCUT2D eigenvalue weighted by Gasteiger charge is 2.32. The summed E-state index contributed by atoms with van der Waals surface area (Å²) in [6.45, 7) is 3.23. The fourth-order valence-electron chi connectivity index (χ4n) is 3.49. The van der Waals surface area contributed by atoms with E-state index >= 15 is 0 Å². The first-order chi connectivity index (χ1) is 12.5. The number of halogens is 1. The van der Waals surface area contributed by atoms with Crippen molar-refractivity contribution in [2.75, 3.05) is 40.4 Å². The van der Waals surface area contributed by atoms with Gasteiger partial charge in [0, 0.05) is 18.2 Å². The Bertz CT molecular complexity index is 641. The third kappa shape index (κ3) is 6.01. The number of rotatable bonds is 9. The van der Waals surface area contributed by atoms with E-state index in [0.29, 0.717) is 24.6 Å². The van der Waals surface area contributed by atoms with Crippen LogP contribution in [0.4, 0.5) is 0 Å². The molecule has 1 atom stereocenters. The lowest BCUT2D eigenvalue weighted by atomic mass is 10.0. The Hall–Kier alpha value is -1.99. The molecule has 1 aromatic carbocycles. The van der Waals surface area contributed by atoms with Crippen LogP contribution >= 0.6 is 12.4 Å². The van der Waals surface area contributed by atoms with Gasteiger partial charge in [-0.25, -0.2) is 0 Å². The van der Waals surface area contributed by atoms with Gasteiger partial charge in [0.25, 0.3) is 0 Å². The molecule has 1 fully saturated rings. The summed E-state index contributed by atoms with van der Waals surface area (Å²) in [6.07, 6.45) is 2.58. The maximum Gasteiger partial charge on any atom is 0.317 e. The van der Waals surface area contributed by atoms with E-state index in [9.17, 15) is 9.59 Å². The van der Waals surface area contributed by atoms with Crippen molar-refractivity contribution in [2.24, 2.45) is 0 Å². The van der Waals surface area contributed by atoms with Crippen molar-refractivity contribution >= 4 is 24.3 Å². The van der Waals surface area contributed by atoms with Crippen molar-refractivity contribution < 1.29 is 24.2 Å². The summed E-state index contributed by atoms with van der Waals surface area (Å²) >= 11 is 0. The van der Waals surface area contributed by atoms with E-state index in [1.807, 2.05) is 30.0 Å². The zero-order valence-corrected chi connectivity index (χ0v) is 17.0. The summed E-state index contributed by atoms with van der Waals surface area (Å²) in [5, 5.41) is 9.04. The van der Waals surface area contributed by atoms with Crippen molar-refractivity contribution in [2.45, 2.75) is 32.2 Å². The van der Waals surface area contributed by atoms with Crippen LogP contribution in [0.1, 0.15) is 37.8 Å². The molecule has 0 spiro atoms. The van der Waals surface area contributed by atoms with Gasteiger partial charge in [0.05, 0.1) is 33.4 Å². The molecular weight excluding hydrogens is 372 g/mol. The normalized spacial score (nSPS) is 16.1. The number of aliphatic carboxylic acids is 1. The first-order valence-corrected chi connectivity index (χ1v) is 8.95. The third-order valence-corrected chi connectivity index (χ3v) is 4.63. The molecule has 1 aliphatic heterocycles. The molecule has 0 radical (unpaired) electrons. The smallest absolute Gasteiger partial charge is 0.317 e. The van der Waals surface area contributed by atoms with Crippen LogP contribution in [0.25, 0.3) is 0 Å². The lowest BCUT2D eigenvalue weighted by Gasteiger charge is -2.29. The number of carboxylic acids is 1. The van der Waals surface area contributed by atoms with Gasteiger partial charge in [0.1, 0.15) is 11.5 Å². The van der Waals surface area contributed by atoms with Crippen molar-refractivity contribution in [3.63, 3.8) is 0 Å². The van der Waals surface area contributed by atoms with Crippen LogP contribution in [-0.4, -0.2) is 67.2 Å². The van der Waals surface area contributed by atoms with Gasteiger partial charge in [-0.15, -0.1) is 12.4 Å². The molecule has 1 heterocycles. The summed E-state index contributed by atoms with van der Waals surface area (Å²) in [6, 6.07) is 5.57. The first-order valence-electron chi connectivity index (χ1n) is 8.95. The van der Waals surface area contributed by atoms with Gasteiger partial charge in [-0.2, -0.15) is 0 Å². The predicted molar refractivity (Wildman–Crippen MR) is 105 cm³/mol. The highest BCUT2D eigenvalue weighted by Crippen LogP contribution is 2.38. The summed E-state index contributed by atoms with van der Waals surface area (Å²) in [5.74, 6) is 0.447. The molecule has 8 heteroatoms. The highest BCUT2D eigenvalue weighted by molar-refractivity contribution is 5.85.